The maximum absolute atomic E-state index is 13.3. The van der Waals surface area contributed by atoms with Crippen molar-refractivity contribution in [1.29, 1.82) is 0 Å². The van der Waals surface area contributed by atoms with Gasteiger partial charge in [-0.2, -0.15) is 0 Å². The number of morpholine rings is 1. The molecule has 0 aromatic heterocycles. The van der Waals surface area contributed by atoms with Crippen LogP contribution in [0, 0.1) is 5.82 Å². The first kappa shape index (κ1) is 18.0. The number of ether oxygens (including phenoxy) is 1. The lowest BCUT2D eigenvalue weighted by molar-refractivity contribution is 0.0180. The van der Waals surface area contributed by atoms with Crippen LogP contribution in [-0.2, 0) is 4.74 Å². The number of aromatic hydroxyl groups is 1. The van der Waals surface area contributed by atoms with Gasteiger partial charge in [0.15, 0.2) is 0 Å². The number of aliphatic imine (C=N–C) groups is 1. The van der Waals surface area contributed by atoms with Crippen LogP contribution in [0.3, 0.4) is 0 Å². The van der Waals surface area contributed by atoms with Crippen molar-refractivity contribution in [2.45, 2.75) is 6.04 Å². The van der Waals surface area contributed by atoms with Crippen molar-refractivity contribution in [2.75, 3.05) is 32.8 Å². The highest BCUT2D eigenvalue weighted by Crippen LogP contribution is 2.24. The quantitative estimate of drug-likeness (QED) is 0.768. The molecule has 0 saturated carbocycles. The Bertz CT molecular complexity index is 731. The molecule has 6 heteroatoms. The van der Waals surface area contributed by atoms with E-state index in [1.54, 1.807) is 18.3 Å². The van der Waals surface area contributed by atoms with Crippen molar-refractivity contribution in [3.63, 3.8) is 0 Å². The van der Waals surface area contributed by atoms with E-state index < -0.39 is 0 Å². The standard InChI is InChI=1S/C19H20BrFN2O2/c20-16-3-6-19(24)15(11-16)12-22-13-18(23-7-9-25-10-8-23)14-1-4-17(21)5-2-14/h1-6,11-12,18,24H,7-10,13H2/t18-/m0/s1. The van der Waals surface area contributed by atoms with Gasteiger partial charge in [0.2, 0.25) is 0 Å². The molecule has 0 spiro atoms. The van der Waals surface area contributed by atoms with E-state index in [2.05, 4.69) is 25.8 Å². The highest BCUT2D eigenvalue weighted by molar-refractivity contribution is 9.10. The average molecular weight is 407 g/mol. The van der Waals surface area contributed by atoms with Gasteiger partial charge in [-0.05, 0) is 35.9 Å². The van der Waals surface area contributed by atoms with Gasteiger partial charge < -0.3 is 9.84 Å². The van der Waals surface area contributed by atoms with Crippen LogP contribution in [0.1, 0.15) is 17.2 Å². The summed E-state index contributed by atoms with van der Waals surface area (Å²) in [5.41, 5.74) is 1.69. The van der Waals surface area contributed by atoms with E-state index in [0.717, 1.165) is 23.1 Å². The number of phenols is 1. The van der Waals surface area contributed by atoms with Crippen LogP contribution in [0.15, 0.2) is 51.9 Å². The van der Waals surface area contributed by atoms with Gasteiger partial charge in [-0.15, -0.1) is 0 Å². The SMILES string of the molecule is Oc1ccc(Br)cc1C=NC[C@@H](c1ccc(F)cc1)N1CCOCC1. The Morgan fingerprint density at radius 3 is 2.64 bits per heavy atom. The van der Waals surface area contributed by atoms with Crippen molar-refractivity contribution >= 4 is 22.1 Å². The molecule has 1 saturated heterocycles. The zero-order chi connectivity index (χ0) is 17.6. The van der Waals surface area contributed by atoms with Gasteiger partial charge in [0, 0.05) is 29.3 Å². The zero-order valence-corrected chi connectivity index (χ0v) is 15.3. The Morgan fingerprint density at radius 2 is 1.92 bits per heavy atom. The maximum atomic E-state index is 13.3. The molecule has 25 heavy (non-hydrogen) atoms. The predicted octanol–water partition coefficient (Wildman–Crippen LogP) is 3.79. The Balaban J connectivity index is 1.78. The maximum Gasteiger partial charge on any atom is 0.124 e. The van der Waals surface area contributed by atoms with Crippen LogP contribution >= 0.6 is 15.9 Å². The summed E-state index contributed by atoms with van der Waals surface area (Å²) in [6.45, 7) is 3.54. The lowest BCUT2D eigenvalue weighted by Crippen LogP contribution is -2.40. The minimum absolute atomic E-state index is 0.0510. The number of benzene rings is 2. The summed E-state index contributed by atoms with van der Waals surface area (Å²) in [7, 11) is 0. The van der Waals surface area contributed by atoms with Crippen molar-refractivity contribution in [2.24, 2.45) is 4.99 Å². The lowest BCUT2D eigenvalue weighted by Gasteiger charge is -2.34. The fourth-order valence-corrected chi connectivity index (χ4v) is 3.26. The second-order valence-electron chi connectivity index (χ2n) is 5.91. The topological polar surface area (TPSA) is 45.1 Å². The van der Waals surface area contributed by atoms with Gasteiger partial charge in [0.1, 0.15) is 11.6 Å². The van der Waals surface area contributed by atoms with E-state index in [4.69, 9.17) is 4.74 Å². The number of phenolic OH excluding ortho intramolecular Hbond substituents is 1. The molecule has 1 aliphatic rings. The van der Waals surface area contributed by atoms with E-state index in [9.17, 15) is 9.50 Å². The van der Waals surface area contributed by atoms with Crippen LogP contribution in [0.25, 0.3) is 0 Å². The van der Waals surface area contributed by atoms with E-state index >= 15 is 0 Å². The Labute approximate surface area is 155 Å². The summed E-state index contributed by atoms with van der Waals surface area (Å²) in [5, 5.41) is 9.92. The van der Waals surface area contributed by atoms with E-state index in [1.165, 1.54) is 12.1 Å². The van der Waals surface area contributed by atoms with E-state index in [1.807, 2.05) is 18.2 Å². The molecule has 2 aromatic carbocycles. The van der Waals surface area contributed by atoms with Crippen LogP contribution in [0.4, 0.5) is 4.39 Å². The van der Waals surface area contributed by atoms with Gasteiger partial charge in [0.25, 0.3) is 0 Å². The number of nitrogens with zero attached hydrogens (tertiary/aromatic N) is 2. The Morgan fingerprint density at radius 1 is 1.20 bits per heavy atom. The molecule has 2 aromatic rings. The monoisotopic (exact) mass is 406 g/mol. The summed E-state index contributed by atoms with van der Waals surface area (Å²) >= 11 is 3.39. The smallest absolute Gasteiger partial charge is 0.124 e. The van der Waals surface area contributed by atoms with Gasteiger partial charge in [0.05, 0.1) is 25.8 Å². The van der Waals surface area contributed by atoms with E-state index in [0.29, 0.717) is 25.3 Å². The molecule has 1 fully saturated rings. The Hall–Kier alpha value is -1.76. The second-order valence-corrected chi connectivity index (χ2v) is 6.83. The molecule has 3 rings (SSSR count). The molecule has 0 aliphatic carbocycles. The highest BCUT2D eigenvalue weighted by atomic mass is 79.9. The number of hydrogen-bond acceptors (Lipinski definition) is 4. The number of halogens is 2. The molecular weight excluding hydrogens is 387 g/mol. The van der Waals surface area contributed by atoms with Gasteiger partial charge in [-0.25, -0.2) is 4.39 Å². The molecule has 0 bridgehead atoms. The van der Waals surface area contributed by atoms with Crippen LogP contribution in [0.5, 0.6) is 5.75 Å². The average Bonchev–Trinajstić information content (AvgIpc) is 2.63. The van der Waals surface area contributed by atoms with Gasteiger partial charge >= 0.3 is 0 Å². The fourth-order valence-electron chi connectivity index (χ4n) is 2.89. The molecule has 0 amide bonds. The summed E-state index contributed by atoms with van der Waals surface area (Å²) in [6, 6.07) is 11.9. The molecule has 1 heterocycles. The first-order chi connectivity index (χ1) is 12.1. The molecule has 4 nitrogen and oxygen atoms in total. The van der Waals surface area contributed by atoms with Crippen LogP contribution < -0.4 is 0 Å². The minimum atomic E-state index is -0.243. The molecule has 1 N–H and O–H groups in total. The molecule has 132 valence electrons. The zero-order valence-electron chi connectivity index (χ0n) is 13.7. The fraction of sp³-hybridized carbons (Fsp3) is 0.316. The molecule has 0 radical (unpaired) electrons. The summed E-state index contributed by atoms with van der Waals surface area (Å²) in [5.74, 6) is -0.0521. The Kier molecular flexibility index (Phi) is 6.18. The van der Waals surface area contributed by atoms with Crippen molar-refractivity contribution in [1.82, 2.24) is 4.90 Å². The lowest BCUT2D eigenvalue weighted by atomic mass is 10.0. The van der Waals surface area contributed by atoms with Crippen molar-refractivity contribution < 1.29 is 14.2 Å². The first-order valence-corrected chi connectivity index (χ1v) is 8.98. The minimum Gasteiger partial charge on any atom is -0.507 e. The van der Waals surface area contributed by atoms with Gasteiger partial charge in [-0.1, -0.05) is 28.1 Å². The highest BCUT2D eigenvalue weighted by Gasteiger charge is 2.22. The number of rotatable bonds is 5. The largest absolute Gasteiger partial charge is 0.507 e. The van der Waals surface area contributed by atoms with E-state index in [-0.39, 0.29) is 17.6 Å². The van der Waals surface area contributed by atoms with Crippen molar-refractivity contribution in [3.05, 3.63) is 63.9 Å². The number of hydrogen-bond donors (Lipinski definition) is 1. The first-order valence-electron chi connectivity index (χ1n) is 8.19. The predicted molar refractivity (Wildman–Crippen MR) is 99.8 cm³/mol. The summed E-state index contributed by atoms with van der Waals surface area (Å²) in [6.07, 6.45) is 1.68. The molecule has 0 unspecified atom stereocenters. The molecular formula is C19H20BrFN2O2. The van der Waals surface area contributed by atoms with Gasteiger partial charge in [-0.3, -0.25) is 9.89 Å². The molecule has 1 aliphatic heterocycles. The summed E-state index contributed by atoms with van der Waals surface area (Å²) in [4.78, 5) is 6.84. The normalized spacial score (nSPS) is 17.0. The molecule has 1 atom stereocenters. The second kappa shape index (κ2) is 8.56. The third-order valence-corrected chi connectivity index (χ3v) is 4.73. The third kappa shape index (κ3) is 4.87. The third-order valence-electron chi connectivity index (χ3n) is 4.24. The van der Waals surface area contributed by atoms with Crippen molar-refractivity contribution in [3.8, 4) is 5.75 Å². The summed E-state index contributed by atoms with van der Waals surface area (Å²) < 4.78 is 19.6. The van der Waals surface area contributed by atoms with Crippen LogP contribution in [-0.4, -0.2) is 49.1 Å². The van der Waals surface area contributed by atoms with Crippen LogP contribution in [0.2, 0.25) is 0 Å².